The van der Waals surface area contributed by atoms with E-state index < -0.39 is 28.7 Å². The van der Waals surface area contributed by atoms with Crippen molar-refractivity contribution in [1.82, 2.24) is 0 Å². The van der Waals surface area contributed by atoms with E-state index in [-0.39, 0.29) is 0 Å². The number of carboxylic acid groups (broad SMARTS) is 2. The minimum atomic E-state index is -0.921. The Labute approximate surface area is 95.0 Å². The Hall–Kier alpha value is -1.39. The van der Waals surface area contributed by atoms with Crippen molar-refractivity contribution in [2.75, 3.05) is 0 Å². The van der Waals surface area contributed by atoms with Gasteiger partial charge >= 0.3 is 11.9 Å². The Balaban J connectivity index is 0.00000106. The highest BCUT2D eigenvalue weighted by Crippen LogP contribution is 2.56. The predicted octanol–water partition coefficient (Wildman–Crippen LogP) is 1.86. The second kappa shape index (κ2) is 4.63. The first-order valence-corrected chi connectivity index (χ1v) is 5.05. The summed E-state index contributed by atoms with van der Waals surface area (Å²) in [5.74, 6) is -2.34. The molecular formula is C11H19NO4. The highest BCUT2D eigenvalue weighted by atomic mass is 16.4. The summed E-state index contributed by atoms with van der Waals surface area (Å²) < 4.78 is 0. The van der Waals surface area contributed by atoms with Gasteiger partial charge in [-0.25, -0.2) is 0 Å². The van der Waals surface area contributed by atoms with Crippen LogP contribution in [0.15, 0.2) is 0 Å². The summed E-state index contributed by atoms with van der Waals surface area (Å²) in [4.78, 5) is 22.0. The van der Waals surface area contributed by atoms with Crippen molar-refractivity contribution in [3.05, 3.63) is 0 Å². The molecule has 16 heavy (non-hydrogen) atoms. The third-order valence-electron chi connectivity index (χ3n) is 4.00. The van der Waals surface area contributed by atoms with Crippen LogP contribution in [0.3, 0.4) is 0 Å². The van der Waals surface area contributed by atoms with Gasteiger partial charge in [0.25, 0.3) is 0 Å². The van der Waals surface area contributed by atoms with Gasteiger partial charge in [-0.3, -0.25) is 9.59 Å². The van der Waals surface area contributed by atoms with Crippen LogP contribution in [0.5, 0.6) is 0 Å². The van der Waals surface area contributed by atoms with E-state index in [1.165, 1.54) is 0 Å². The van der Waals surface area contributed by atoms with Gasteiger partial charge in [0.1, 0.15) is 0 Å². The van der Waals surface area contributed by atoms with Gasteiger partial charge in [-0.1, -0.05) is 13.8 Å². The van der Waals surface area contributed by atoms with Gasteiger partial charge in [0.15, 0.2) is 0 Å². The van der Waals surface area contributed by atoms with E-state index >= 15 is 0 Å². The van der Waals surface area contributed by atoms with Crippen LogP contribution >= 0.6 is 0 Å². The zero-order chi connectivity index (χ0) is 13.1. The van der Waals surface area contributed by atoms with Crippen LogP contribution in [0, 0.1) is 22.2 Å². The molecule has 1 fully saturated rings. The van der Waals surface area contributed by atoms with Crippen LogP contribution < -0.4 is 0 Å². The number of rotatable bonds is 2. The lowest BCUT2D eigenvalue weighted by Crippen LogP contribution is -2.42. The SMILES string of the molecule is C=N.CC1(C(=O)O)CCC(C(=O)O)C1(C)C. The Morgan fingerprint density at radius 1 is 1.25 bits per heavy atom. The van der Waals surface area contributed by atoms with Gasteiger partial charge in [0.05, 0.1) is 11.3 Å². The number of aliphatic carboxylic acids is 2. The van der Waals surface area contributed by atoms with Crippen molar-refractivity contribution in [1.29, 1.82) is 5.41 Å². The first-order valence-electron chi connectivity index (χ1n) is 5.05. The zero-order valence-corrected chi connectivity index (χ0v) is 9.91. The smallest absolute Gasteiger partial charge is 0.309 e. The van der Waals surface area contributed by atoms with Crippen LogP contribution in [-0.4, -0.2) is 28.9 Å². The molecule has 0 aromatic rings. The van der Waals surface area contributed by atoms with Crippen LogP contribution in [0.4, 0.5) is 0 Å². The second-order valence-corrected chi connectivity index (χ2v) is 4.79. The van der Waals surface area contributed by atoms with E-state index in [0.717, 1.165) is 0 Å². The molecule has 2 atom stereocenters. The minimum absolute atomic E-state index is 0.437. The summed E-state index contributed by atoms with van der Waals surface area (Å²) in [6, 6.07) is 0. The molecule has 0 aliphatic heterocycles. The summed E-state index contributed by atoms with van der Waals surface area (Å²) in [7, 11) is 0. The predicted molar refractivity (Wildman–Crippen MR) is 59.7 cm³/mol. The summed E-state index contributed by atoms with van der Waals surface area (Å²) in [5, 5.41) is 23.6. The van der Waals surface area contributed by atoms with Gasteiger partial charge in [-0.2, -0.15) is 0 Å². The maximum absolute atomic E-state index is 11.1. The molecule has 0 radical (unpaired) electrons. The Kier molecular flexibility index (Phi) is 4.23. The highest BCUT2D eigenvalue weighted by molar-refractivity contribution is 5.80. The van der Waals surface area contributed by atoms with Gasteiger partial charge in [0.2, 0.25) is 0 Å². The summed E-state index contributed by atoms with van der Waals surface area (Å²) in [6.07, 6.45) is 0.886. The fraction of sp³-hybridized carbons (Fsp3) is 0.727. The molecule has 0 aromatic heterocycles. The maximum Gasteiger partial charge on any atom is 0.309 e. The Morgan fingerprint density at radius 2 is 1.69 bits per heavy atom. The maximum atomic E-state index is 11.1. The molecule has 0 spiro atoms. The summed E-state index contributed by atoms with van der Waals surface area (Å²) >= 11 is 0. The lowest BCUT2D eigenvalue weighted by atomic mass is 9.66. The molecule has 3 N–H and O–H groups in total. The standard InChI is InChI=1S/C10H16O4.CH3N/c1-9(2)6(7(11)12)4-5-10(9,3)8(13)14;1-2/h6H,4-5H2,1-3H3,(H,11,12)(H,13,14);2H,1H2. The van der Waals surface area contributed by atoms with E-state index in [2.05, 4.69) is 6.72 Å². The lowest BCUT2D eigenvalue weighted by molar-refractivity contribution is -0.157. The molecule has 0 heterocycles. The topological polar surface area (TPSA) is 98.5 Å². The van der Waals surface area contributed by atoms with Crippen LogP contribution in [0.2, 0.25) is 0 Å². The van der Waals surface area contributed by atoms with Gasteiger partial charge in [-0.05, 0) is 31.9 Å². The normalized spacial score (nSPS) is 31.3. The number of nitrogens with one attached hydrogen (secondary N) is 1. The molecule has 1 aliphatic rings. The molecule has 0 saturated heterocycles. The zero-order valence-electron chi connectivity index (χ0n) is 9.91. The molecule has 92 valence electrons. The largest absolute Gasteiger partial charge is 0.481 e. The minimum Gasteiger partial charge on any atom is -0.481 e. The van der Waals surface area contributed by atoms with Crippen molar-refractivity contribution in [2.24, 2.45) is 16.7 Å². The number of carboxylic acids is 2. The quantitative estimate of drug-likeness (QED) is 0.629. The molecular weight excluding hydrogens is 210 g/mol. The third kappa shape index (κ3) is 1.94. The molecule has 1 aliphatic carbocycles. The van der Waals surface area contributed by atoms with Crippen LogP contribution in [0.25, 0.3) is 0 Å². The van der Waals surface area contributed by atoms with Gasteiger partial charge < -0.3 is 15.6 Å². The second-order valence-electron chi connectivity index (χ2n) is 4.79. The van der Waals surface area contributed by atoms with Gasteiger partial charge in [-0.15, -0.1) is 0 Å². The fourth-order valence-corrected chi connectivity index (χ4v) is 2.32. The number of hydrogen-bond acceptors (Lipinski definition) is 3. The number of hydrogen-bond donors (Lipinski definition) is 3. The fourth-order valence-electron chi connectivity index (χ4n) is 2.32. The molecule has 2 unspecified atom stereocenters. The first-order chi connectivity index (χ1) is 7.23. The monoisotopic (exact) mass is 229 g/mol. The van der Waals surface area contributed by atoms with Crippen molar-refractivity contribution in [2.45, 2.75) is 33.6 Å². The molecule has 1 saturated carbocycles. The summed E-state index contributed by atoms with van der Waals surface area (Å²) in [5.41, 5.74) is -1.61. The van der Waals surface area contributed by atoms with E-state index in [0.29, 0.717) is 12.8 Å². The average molecular weight is 229 g/mol. The molecule has 1 rings (SSSR count). The van der Waals surface area contributed by atoms with E-state index in [9.17, 15) is 9.59 Å². The van der Waals surface area contributed by atoms with Gasteiger partial charge in [0, 0.05) is 0 Å². The molecule has 5 nitrogen and oxygen atoms in total. The van der Waals surface area contributed by atoms with Crippen molar-refractivity contribution >= 4 is 18.7 Å². The van der Waals surface area contributed by atoms with E-state index in [4.69, 9.17) is 15.6 Å². The molecule has 5 heteroatoms. The van der Waals surface area contributed by atoms with Crippen molar-refractivity contribution in [3.63, 3.8) is 0 Å². The van der Waals surface area contributed by atoms with E-state index in [1.807, 2.05) is 0 Å². The molecule has 0 amide bonds. The average Bonchev–Trinajstić information content (AvgIpc) is 2.42. The van der Waals surface area contributed by atoms with Crippen molar-refractivity contribution < 1.29 is 19.8 Å². The van der Waals surface area contributed by atoms with Crippen molar-refractivity contribution in [3.8, 4) is 0 Å². The Bertz CT molecular complexity index is 300. The molecule has 0 bridgehead atoms. The van der Waals surface area contributed by atoms with E-state index in [1.54, 1.807) is 20.8 Å². The Morgan fingerprint density at radius 3 is 1.88 bits per heavy atom. The number of carbonyl (C=O) groups is 2. The van der Waals surface area contributed by atoms with Crippen LogP contribution in [-0.2, 0) is 9.59 Å². The van der Waals surface area contributed by atoms with Crippen LogP contribution in [0.1, 0.15) is 33.6 Å². The highest BCUT2D eigenvalue weighted by Gasteiger charge is 2.58. The summed E-state index contributed by atoms with van der Waals surface area (Å²) in [6.45, 7) is 7.60. The lowest BCUT2D eigenvalue weighted by Gasteiger charge is -2.36. The first kappa shape index (κ1) is 14.6. The third-order valence-corrected chi connectivity index (χ3v) is 4.00. The molecule has 0 aromatic carbocycles.